The first kappa shape index (κ1) is 34.8. The molecule has 11 rings (SSSR count). The zero-order valence-electron chi connectivity index (χ0n) is 33.2. The number of para-hydroxylation sites is 2. The van der Waals surface area contributed by atoms with Crippen molar-refractivity contribution in [2.75, 3.05) is 9.80 Å². The fourth-order valence-electron chi connectivity index (χ4n) is 9.53. The highest BCUT2D eigenvalue weighted by Crippen LogP contribution is 2.56. The fourth-order valence-corrected chi connectivity index (χ4v) is 9.53. The van der Waals surface area contributed by atoms with Crippen molar-refractivity contribution in [3.8, 4) is 22.3 Å². The molecule has 0 unspecified atom stereocenters. The monoisotopic (exact) mass is 754 g/mol. The van der Waals surface area contributed by atoms with Crippen LogP contribution in [0.2, 0.25) is 0 Å². The molecule has 0 fully saturated rings. The summed E-state index contributed by atoms with van der Waals surface area (Å²) in [7, 11) is 0. The van der Waals surface area contributed by atoms with Crippen molar-refractivity contribution in [2.24, 2.45) is 0 Å². The van der Waals surface area contributed by atoms with E-state index in [0.29, 0.717) is 0 Å². The predicted octanol–water partition coefficient (Wildman–Crippen LogP) is 16.1. The fraction of sp³-hybridized carbons (Fsp3) is 0.0526. The summed E-state index contributed by atoms with van der Waals surface area (Å²) >= 11 is 0. The molecule has 0 radical (unpaired) electrons. The average molecular weight is 755 g/mol. The van der Waals surface area contributed by atoms with Gasteiger partial charge in [-0.3, -0.25) is 0 Å². The minimum Gasteiger partial charge on any atom is -0.310 e. The normalized spacial score (nSPS) is 13.0. The van der Waals surface area contributed by atoms with Gasteiger partial charge in [0, 0.05) is 33.1 Å². The Bertz CT molecular complexity index is 3190. The van der Waals surface area contributed by atoms with Crippen LogP contribution in [0.3, 0.4) is 0 Å². The molecule has 1 aliphatic rings. The smallest absolute Gasteiger partial charge is 0.0618 e. The van der Waals surface area contributed by atoms with Gasteiger partial charge in [-0.15, -0.1) is 0 Å². The summed E-state index contributed by atoms with van der Waals surface area (Å²) in [6.07, 6.45) is 0. The molecule has 0 atom stereocenters. The lowest BCUT2D eigenvalue weighted by Gasteiger charge is -2.43. The van der Waals surface area contributed by atoms with Crippen LogP contribution in [0.4, 0.5) is 34.1 Å². The molecule has 0 aromatic heterocycles. The first-order valence-corrected chi connectivity index (χ1v) is 20.5. The molecule has 2 heteroatoms. The summed E-state index contributed by atoms with van der Waals surface area (Å²) < 4.78 is 0. The topological polar surface area (TPSA) is 6.48 Å². The lowest BCUT2D eigenvalue weighted by Crippen LogP contribution is -2.31. The Labute approximate surface area is 345 Å². The van der Waals surface area contributed by atoms with Crippen molar-refractivity contribution < 1.29 is 0 Å². The van der Waals surface area contributed by atoms with E-state index >= 15 is 0 Å². The van der Waals surface area contributed by atoms with Gasteiger partial charge in [0.2, 0.25) is 0 Å². The van der Waals surface area contributed by atoms with Crippen LogP contribution in [0.25, 0.3) is 54.6 Å². The number of nitrogens with zero attached hydrogens (tertiary/aromatic N) is 2. The Morgan fingerprint density at radius 2 is 0.932 bits per heavy atom. The molecule has 0 aliphatic carbocycles. The number of fused-ring (bicyclic) bond motifs is 5. The molecule has 59 heavy (non-hydrogen) atoms. The van der Waals surface area contributed by atoms with Gasteiger partial charge in [-0.05, 0) is 91.8 Å². The molecule has 10 aromatic rings. The Hall–Kier alpha value is -7.42. The van der Waals surface area contributed by atoms with Crippen LogP contribution in [0.15, 0.2) is 218 Å². The van der Waals surface area contributed by atoms with Gasteiger partial charge in [0.1, 0.15) is 0 Å². The zero-order valence-corrected chi connectivity index (χ0v) is 33.2. The highest BCUT2D eigenvalue weighted by molar-refractivity contribution is 6.08. The molecule has 2 nitrogen and oxygen atoms in total. The number of hydrogen-bond donors (Lipinski definition) is 0. The molecule has 0 bridgehead atoms. The minimum absolute atomic E-state index is 0.214. The number of rotatable bonds is 6. The van der Waals surface area contributed by atoms with E-state index in [1.165, 1.54) is 77.2 Å². The highest BCUT2D eigenvalue weighted by atomic mass is 15.2. The minimum atomic E-state index is -0.214. The lowest BCUT2D eigenvalue weighted by molar-refractivity contribution is 0.632. The second kappa shape index (κ2) is 13.9. The maximum Gasteiger partial charge on any atom is 0.0618 e. The third kappa shape index (κ3) is 5.71. The van der Waals surface area contributed by atoms with Gasteiger partial charge in [-0.1, -0.05) is 190 Å². The quantitative estimate of drug-likeness (QED) is 0.167. The van der Waals surface area contributed by atoms with Crippen LogP contribution in [-0.4, -0.2) is 0 Å². The average Bonchev–Trinajstić information content (AvgIpc) is 3.29. The molecular formula is C57H42N2. The van der Waals surface area contributed by atoms with Crippen molar-refractivity contribution in [3.63, 3.8) is 0 Å². The van der Waals surface area contributed by atoms with Crippen molar-refractivity contribution in [2.45, 2.75) is 19.3 Å². The van der Waals surface area contributed by atoms with E-state index in [0.717, 1.165) is 22.6 Å². The Kier molecular flexibility index (Phi) is 8.20. The molecule has 0 saturated carbocycles. The first-order valence-electron chi connectivity index (χ1n) is 20.5. The van der Waals surface area contributed by atoms with E-state index in [-0.39, 0.29) is 5.41 Å². The lowest BCUT2D eigenvalue weighted by atomic mass is 9.73. The third-order valence-electron chi connectivity index (χ3n) is 12.4. The first-order chi connectivity index (χ1) is 29.0. The van der Waals surface area contributed by atoms with E-state index in [1.54, 1.807) is 0 Å². The largest absolute Gasteiger partial charge is 0.310 e. The van der Waals surface area contributed by atoms with E-state index in [1.807, 2.05) is 0 Å². The third-order valence-corrected chi connectivity index (χ3v) is 12.4. The molecule has 1 heterocycles. The molecule has 280 valence electrons. The molecule has 0 spiro atoms. The van der Waals surface area contributed by atoms with Crippen molar-refractivity contribution in [1.29, 1.82) is 0 Å². The van der Waals surface area contributed by atoms with Gasteiger partial charge in [-0.2, -0.15) is 0 Å². The second-order valence-electron chi connectivity index (χ2n) is 16.1. The van der Waals surface area contributed by atoms with Crippen LogP contribution in [0.5, 0.6) is 0 Å². The summed E-state index contributed by atoms with van der Waals surface area (Å²) in [5.74, 6) is 0. The van der Waals surface area contributed by atoms with Crippen LogP contribution in [0, 0.1) is 0 Å². The Morgan fingerprint density at radius 1 is 0.373 bits per heavy atom. The predicted molar refractivity (Wildman–Crippen MR) is 251 cm³/mol. The Balaban J connectivity index is 1.13. The van der Waals surface area contributed by atoms with Gasteiger partial charge in [0.15, 0.2) is 0 Å². The van der Waals surface area contributed by atoms with Gasteiger partial charge in [0.25, 0.3) is 0 Å². The zero-order chi connectivity index (χ0) is 39.5. The van der Waals surface area contributed by atoms with Crippen molar-refractivity contribution in [1.82, 2.24) is 0 Å². The molecule has 0 N–H and O–H groups in total. The van der Waals surface area contributed by atoms with Gasteiger partial charge < -0.3 is 9.80 Å². The maximum atomic E-state index is 2.56. The van der Waals surface area contributed by atoms with Crippen LogP contribution in [0.1, 0.15) is 25.0 Å². The van der Waals surface area contributed by atoms with E-state index in [4.69, 9.17) is 0 Å². The molecule has 10 aromatic carbocycles. The van der Waals surface area contributed by atoms with E-state index < -0.39 is 0 Å². The van der Waals surface area contributed by atoms with Crippen LogP contribution >= 0.6 is 0 Å². The van der Waals surface area contributed by atoms with Crippen molar-refractivity contribution >= 4 is 66.4 Å². The van der Waals surface area contributed by atoms with E-state index in [9.17, 15) is 0 Å². The van der Waals surface area contributed by atoms with Crippen molar-refractivity contribution in [3.05, 3.63) is 230 Å². The summed E-state index contributed by atoms with van der Waals surface area (Å²) in [5.41, 5.74) is 14.2. The summed E-state index contributed by atoms with van der Waals surface area (Å²) in [6.45, 7) is 4.74. The standard InChI is InChI=1S/C57H42N2/c1-57(2)51-27-12-13-28-54(51)59(55-38-43(33-37-52(55)57)47-26-14-19-39-16-6-9-23-46(39)47)56-49-25-11-8-18-41(49)32-36-50(56)42-30-34-45(35-31-42)58(44-21-4-3-5-22-44)53-29-15-20-40-17-7-10-24-48(40)53/h3-38H,1-2H3. The number of benzene rings is 10. The number of anilines is 6. The summed E-state index contributed by atoms with van der Waals surface area (Å²) in [5, 5.41) is 7.37. The molecule has 0 amide bonds. The van der Waals surface area contributed by atoms with Gasteiger partial charge >= 0.3 is 0 Å². The van der Waals surface area contributed by atoms with Crippen LogP contribution < -0.4 is 9.80 Å². The second-order valence-corrected chi connectivity index (χ2v) is 16.1. The molecule has 1 aliphatic heterocycles. The van der Waals surface area contributed by atoms with Gasteiger partial charge in [0.05, 0.1) is 22.7 Å². The summed E-state index contributed by atoms with van der Waals surface area (Å²) in [6, 6.07) is 80.0. The molecule has 0 saturated heterocycles. The van der Waals surface area contributed by atoms with Crippen LogP contribution in [-0.2, 0) is 5.41 Å². The Morgan fingerprint density at radius 3 is 1.71 bits per heavy atom. The highest BCUT2D eigenvalue weighted by Gasteiger charge is 2.38. The summed E-state index contributed by atoms with van der Waals surface area (Å²) in [4.78, 5) is 4.93. The van der Waals surface area contributed by atoms with Gasteiger partial charge in [-0.25, -0.2) is 0 Å². The SMILES string of the molecule is CC1(C)c2ccccc2N(c2c(-c3ccc(N(c4ccccc4)c4cccc5ccccc45)cc3)ccc3ccccc23)c2cc(-c3cccc4ccccc34)ccc21. The maximum absolute atomic E-state index is 2.56. The molecular weight excluding hydrogens is 713 g/mol. The van der Waals surface area contributed by atoms with E-state index in [2.05, 4.69) is 242 Å². The number of hydrogen-bond acceptors (Lipinski definition) is 2.